The third-order valence-corrected chi connectivity index (χ3v) is 3.89. The van der Waals surface area contributed by atoms with E-state index in [9.17, 15) is 4.79 Å². The van der Waals surface area contributed by atoms with Crippen LogP contribution < -0.4 is 5.43 Å². The number of rotatable bonds is 3. The summed E-state index contributed by atoms with van der Waals surface area (Å²) in [5, 5.41) is 2.93. The molecule has 17 heavy (non-hydrogen) atoms. The number of carbonyl (C=O) groups is 1. The quantitative estimate of drug-likeness (QED) is 0.859. The van der Waals surface area contributed by atoms with Crippen LogP contribution in [0.4, 0.5) is 5.13 Å². The van der Waals surface area contributed by atoms with Gasteiger partial charge < -0.3 is 4.74 Å². The minimum Gasteiger partial charge on any atom is -0.465 e. The van der Waals surface area contributed by atoms with Gasteiger partial charge in [-0.15, -0.1) is 0 Å². The predicted octanol–water partition coefficient (Wildman–Crippen LogP) is 2.40. The summed E-state index contributed by atoms with van der Waals surface area (Å²) in [6.07, 6.45) is 3.62. The van der Waals surface area contributed by atoms with E-state index in [2.05, 4.69) is 20.2 Å². The molecule has 2 heterocycles. The highest BCUT2D eigenvalue weighted by Crippen LogP contribution is 2.28. The van der Waals surface area contributed by atoms with E-state index >= 15 is 0 Å². The van der Waals surface area contributed by atoms with Gasteiger partial charge in [0.05, 0.1) is 7.11 Å². The summed E-state index contributed by atoms with van der Waals surface area (Å²) in [5.74, 6) is -0.445. The smallest absolute Gasteiger partial charge is 0.351 e. The molecule has 0 aliphatic carbocycles. The molecular weight excluding hydrogens is 262 g/mol. The van der Waals surface area contributed by atoms with Gasteiger partial charge in [0.15, 0.2) is 15.2 Å². The molecule has 0 unspecified atom stereocenters. The molecule has 0 radical (unpaired) electrons. The van der Waals surface area contributed by atoms with Crippen LogP contribution in [0.25, 0.3) is 0 Å². The summed E-state index contributed by atoms with van der Waals surface area (Å²) in [4.78, 5) is 15.8. The van der Waals surface area contributed by atoms with Crippen molar-refractivity contribution < 1.29 is 9.53 Å². The number of halogens is 1. The van der Waals surface area contributed by atoms with Crippen LogP contribution in [0.5, 0.6) is 0 Å². The monoisotopic (exact) mass is 275 g/mol. The molecular formula is C10H14ClN3O2S. The van der Waals surface area contributed by atoms with Crippen molar-refractivity contribution >= 4 is 34.0 Å². The standard InChI is InChI=1S/C10H14ClN3O2S/c1-16-9(15)7-8(11)12-10(17-7)13-14-5-3-2-4-6-14/h2-6H2,1H3,(H,12,13). The maximum absolute atomic E-state index is 11.4. The van der Waals surface area contributed by atoms with Crippen LogP contribution in [0.2, 0.25) is 5.15 Å². The van der Waals surface area contributed by atoms with Gasteiger partial charge in [-0.25, -0.2) is 14.8 Å². The Morgan fingerprint density at radius 3 is 2.82 bits per heavy atom. The molecule has 1 saturated heterocycles. The molecule has 1 aliphatic rings. The van der Waals surface area contributed by atoms with Gasteiger partial charge in [0.2, 0.25) is 0 Å². The number of nitrogens with one attached hydrogen (secondary N) is 1. The van der Waals surface area contributed by atoms with Crippen molar-refractivity contribution in [2.75, 3.05) is 25.6 Å². The molecule has 1 N–H and O–H groups in total. The zero-order chi connectivity index (χ0) is 12.3. The van der Waals surface area contributed by atoms with E-state index in [-0.39, 0.29) is 5.15 Å². The Morgan fingerprint density at radius 1 is 1.47 bits per heavy atom. The van der Waals surface area contributed by atoms with E-state index in [4.69, 9.17) is 11.6 Å². The first-order chi connectivity index (χ1) is 8.20. The Balaban J connectivity index is 2.03. The first-order valence-electron chi connectivity index (χ1n) is 5.47. The molecule has 0 atom stereocenters. The highest BCUT2D eigenvalue weighted by Gasteiger charge is 2.19. The number of hydrogen-bond donors (Lipinski definition) is 1. The molecule has 1 aromatic rings. The third kappa shape index (κ3) is 3.08. The van der Waals surface area contributed by atoms with Crippen LogP contribution >= 0.6 is 22.9 Å². The topological polar surface area (TPSA) is 54.5 Å². The second-order valence-electron chi connectivity index (χ2n) is 3.79. The summed E-state index contributed by atoms with van der Waals surface area (Å²) in [7, 11) is 1.33. The number of esters is 1. The van der Waals surface area contributed by atoms with E-state index in [1.807, 2.05) is 0 Å². The summed E-state index contributed by atoms with van der Waals surface area (Å²) in [6.45, 7) is 1.98. The van der Waals surface area contributed by atoms with Gasteiger partial charge in [0.25, 0.3) is 0 Å². The van der Waals surface area contributed by atoms with Crippen LogP contribution in [0, 0.1) is 0 Å². The number of anilines is 1. The van der Waals surface area contributed by atoms with E-state index in [1.54, 1.807) is 0 Å². The summed E-state index contributed by atoms with van der Waals surface area (Å²) >= 11 is 7.09. The molecule has 0 aromatic carbocycles. The predicted molar refractivity (Wildman–Crippen MR) is 67.5 cm³/mol. The number of piperidine rings is 1. The number of methoxy groups -OCH3 is 1. The Hall–Kier alpha value is -0.850. The minimum absolute atomic E-state index is 0.196. The van der Waals surface area contributed by atoms with Crippen molar-refractivity contribution in [3.63, 3.8) is 0 Å². The Kier molecular flexibility index (Phi) is 4.20. The molecule has 0 saturated carbocycles. The number of ether oxygens (including phenoxy) is 1. The van der Waals surface area contributed by atoms with Gasteiger partial charge >= 0.3 is 5.97 Å². The van der Waals surface area contributed by atoms with Crippen LogP contribution in [-0.2, 0) is 4.74 Å². The number of carbonyl (C=O) groups excluding carboxylic acids is 1. The third-order valence-electron chi connectivity index (χ3n) is 2.57. The van der Waals surface area contributed by atoms with Crippen molar-refractivity contribution in [1.82, 2.24) is 9.99 Å². The second kappa shape index (κ2) is 5.66. The van der Waals surface area contributed by atoms with Crippen LogP contribution in [0.3, 0.4) is 0 Å². The van der Waals surface area contributed by atoms with Gasteiger partial charge in [-0.05, 0) is 12.8 Å². The average Bonchev–Trinajstić information content (AvgIpc) is 2.70. The zero-order valence-corrected chi connectivity index (χ0v) is 11.1. The first-order valence-corrected chi connectivity index (χ1v) is 6.66. The lowest BCUT2D eigenvalue weighted by Crippen LogP contribution is -2.34. The van der Waals surface area contributed by atoms with E-state index in [1.165, 1.54) is 37.7 Å². The van der Waals surface area contributed by atoms with E-state index in [0.717, 1.165) is 13.1 Å². The Bertz CT molecular complexity index is 404. The fourth-order valence-electron chi connectivity index (χ4n) is 1.71. The van der Waals surface area contributed by atoms with Crippen molar-refractivity contribution in [3.8, 4) is 0 Å². The van der Waals surface area contributed by atoms with Gasteiger partial charge in [0.1, 0.15) is 0 Å². The van der Waals surface area contributed by atoms with E-state index < -0.39 is 5.97 Å². The fourth-order valence-corrected chi connectivity index (χ4v) is 2.84. The van der Waals surface area contributed by atoms with Gasteiger partial charge in [-0.2, -0.15) is 0 Å². The molecule has 94 valence electrons. The summed E-state index contributed by atoms with van der Waals surface area (Å²) < 4.78 is 4.63. The maximum atomic E-state index is 11.4. The highest BCUT2D eigenvalue weighted by atomic mass is 35.5. The zero-order valence-electron chi connectivity index (χ0n) is 9.53. The number of hydrogen-bond acceptors (Lipinski definition) is 6. The molecule has 0 bridgehead atoms. The van der Waals surface area contributed by atoms with Crippen molar-refractivity contribution in [2.45, 2.75) is 19.3 Å². The first kappa shape index (κ1) is 12.6. The van der Waals surface area contributed by atoms with Gasteiger partial charge in [-0.3, -0.25) is 5.43 Å². The lowest BCUT2D eigenvalue weighted by molar-refractivity contribution is 0.0606. The number of aromatic nitrogens is 1. The molecule has 1 aliphatic heterocycles. The largest absolute Gasteiger partial charge is 0.465 e. The molecule has 0 spiro atoms. The van der Waals surface area contributed by atoms with Gasteiger partial charge in [-0.1, -0.05) is 29.4 Å². The summed E-state index contributed by atoms with van der Waals surface area (Å²) in [6, 6.07) is 0. The molecule has 1 fully saturated rings. The molecule has 5 nitrogen and oxygen atoms in total. The average molecular weight is 276 g/mol. The number of hydrazine groups is 1. The van der Waals surface area contributed by atoms with Crippen LogP contribution in [0.1, 0.15) is 28.9 Å². The Morgan fingerprint density at radius 2 is 2.18 bits per heavy atom. The fraction of sp³-hybridized carbons (Fsp3) is 0.600. The van der Waals surface area contributed by atoms with Gasteiger partial charge in [0, 0.05) is 13.1 Å². The SMILES string of the molecule is COC(=O)c1sc(NN2CCCCC2)nc1Cl. The number of nitrogens with zero attached hydrogens (tertiary/aromatic N) is 2. The van der Waals surface area contributed by atoms with Crippen molar-refractivity contribution in [1.29, 1.82) is 0 Å². The Labute approximate surface area is 109 Å². The molecule has 7 heteroatoms. The van der Waals surface area contributed by atoms with Crippen LogP contribution in [0.15, 0.2) is 0 Å². The summed E-state index contributed by atoms with van der Waals surface area (Å²) in [5.41, 5.74) is 3.17. The lowest BCUT2D eigenvalue weighted by Gasteiger charge is -2.26. The maximum Gasteiger partial charge on any atom is 0.351 e. The van der Waals surface area contributed by atoms with Crippen molar-refractivity contribution in [3.05, 3.63) is 10.0 Å². The highest BCUT2D eigenvalue weighted by molar-refractivity contribution is 7.18. The normalized spacial score (nSPS) is 16.8. The lowest BCUT2D eigenvalue weighted by atomic mass is 10.2. The van der Waals surface area contributed by atoms with Crippen LogP contribution in [-0.4, -0.2) is 36.2 Å². The molecule has 1 aromatic heterocycles. The second-order valence-corrected chi connectivity index (χ2v) is 5.15. The molecule has 0 amide bonds. The van der Waals surface area contributed by atoms with E-state index in [0.29, 0.717) is 10.0 Å². The number of thiazole rings is 1. The molecule has 2 rings (SSSR count). The minimum atomic E-state index is -0.445. The van der Waals surface area contributed by atoms with Crippen molar-refractivity contribution in [2.24, 2.45) is 0 Å².